The third-order valence-electron chi connectivity index (χ3n) is 5.63. The molecule has 152 valence electrons. The Hall–Kier alpha value is -3.40. The quantitative estimate of drug-likeness (QED) is 0.390. The Morgan fingerprint density at radius 1 is 0.800 bits per heavy atom. The predicted molar refractivity (Wildman–Crippen MR) is 115 cm³/mol. The van der Waals surface area contributed by atoms with Gasteiger partial charge in [-0.25, -0.2) is 4.79 Å². The Kier molecular flexibility index (Phi) is 5.17. The van der Waals surface area contributed by atoms with Crippen LogP contribution in [-0.4, -0.2) is 11.9 Å². The number of ketones is 1. The molecule has 1 aliphatic carbocycles. The first kappa shape index (κ1) is 19.9. The first-order valence-electron chi connectivity index (χ1n) is 10.0. The van der Waals surface area contributed by atoms with E-state index in [1.807, 2.05) is 76.2 Å². The van der Waals surface area contributed by atoms with E-state index in [0.717, 1.165) is 27.8 Å². The third-order valence-corrected chi connectivity index (χ3v) is 5.63. The van der Waals surface area contributed by atoms with Crippen molar-refractivity contribution in [3.63, 3.8) is 0 Å². The molecular formula is C26H24O4. The van der Waals surface area contributed by atoms with Crippen molar-refractivity contribution >= 4 is 11.9 Å². The number of carbonyl (C=O) groups excluding carboxylic acids is 2. The molecule has 1 aliphatic rings. The summed E-state index contributed by atoms with van der Waals surface area (Å²) in [6, 6.07) is 18.8. The SMILES string of the molecule is Cc1ccc(OC(=O)OC2c3ccccc3C(=O)C2c2ccc(C)cc2C)c(C)c1. The fourth-order valence-electron chi connectivity index (χ4n) is 4.20. The van der Waals surface area contributed by atoms with Gasteiger partial charge in [0, 0.05) is 11.1 Å². The van der Waals surface area contributed by atoms with Crippen LogP contribution in [0.3, 0.4) is 0 Å². The van der Waals surface area contributed by atoms with Gasteiger partial charge in [0.25, 0.3) is 0 Å². The standard InChI is InChI=1S/C26H24O4/c1-15-9-11-19(17(3)13-15)23-24(27)20-7-5-6-8-21(20)25(23)30-26(28)29-22-12-10-16(2)14-18(22)4/h5-14,23,25H,1-4H3. The zero-order chi connectivity index (χ0) is 21.4. The maximum atomic E-state index is 13.2. The zero-order valence-corrected chi connectivity index (χ0v) is 17.6. The summed E-state index contributed by atoms with van der Waals surface area (Å²) < 4.78 is 11.2. The van der Waals surface area contributed by atoms with Crippen LogP contribution in [0.25, 0.3) is 0 Å². The molecule has 0 saturated heterocycles. The van der Waals surface area contributed by atoms with E-state index in [-0.39, 0.29) is 5.78 Å². The van der Waals surface area contributed by atoms with Gasteiger partial charge in [-0.15, -0.1) is 0 Å². The first-order chi connectivity index (χ1) is 14.3. The molecule has 2 unspecified atom stereocenters. The van der Waals surface area contributed by atoms with Gasteiger partial charge in [0.05, 0.1) is 5.92 Å². The highest BCUT2D eigenvalue weighted by atomic mass is 16.7. The van der Waals surface area contributed by atoms with E-state index in [9.17, 15) is 9.59 Å². The molecule has 0 amide bonds. The van der Waals surface area contributed by atoms with E-state index in [1.165, 1.54) is 0 Å². The number of carbonyl (C=O) groups is 2. The van der Waals surface area contributed by atoms with Gasteiger partial charge in [0.15, 0.2) is 5.78 Å². The lowest BCUT2D eigenvalue weighted by molar-refractivity contribution is 0.0478. The van der Waals surface area contributed by atoms with Crippen molar-refractivity contribution in [3.8, 4) is 5.75 Å². The smallest absolute Gasteiger partial charge is 0.425 e. The Morgan fingerprint density at radius 2 is 1.47 bits per heavy atom. The number of hydrogen-bond donors (Lipinski definition) is 0. The summed E-state index contributed by atoms with van der Waals surface area (Å²) in [5, 5.41) is 0. The first-order valence-corrected chi connectivity index (χ1v) is 10.0. The number of aryl methyl sites for hydroxylation is 4. The van der Waals surface area contributed by atoms with E-state index in [2.05, 4.69) is 0 Å². The van der Waals surface area contributed by atoms with Gasteiger partial charge in [-0.05, 0) is 50.5 Å². The van der Waals surface area contributed by atoms with E-state index in [0.29, 0.717) is 16.9 Å². The maximum absolute atomic E-state index is 13.2. The monoisotopic (exact) mass is 400 g/mol. The Balaban J connectivity index is 1.67. The van der Waals surface area contributed by atoms with Crippen LogP contribution < -0.4 is 4.74 Å². The van der Waals surface area contributed by atoms with Crippen LogP contribution >= 0.6 is 0 Å². The summed E-state index contributed by atoms with van der Waals surface area (Å²) in [7, 11) is 0. The van der Waals surface area contributed by atoms with Gasteiger partial charge in [-0.1, -0.05) is 65.7 Å². The van der Waals surface area contributed by atoms with Gasteiger partial charge in [0.2, 0.25) is 0 Å². The largest absolute Gasteiger partial charge is 0.514 e. The van der Waals surface area contributed by atoms with Crippen molar-refractivity contribution in [1.29, 1.82) is 0 Å². The van der Waals surface area contributed by atoms with Crippen molar-refractivity contribution in [2.24, 2.45) is 0 Å². The number of benzene rings is 3. The number of fused-ring (bicyclic) bond motifs is 1. The van der Waals surface area contributed by atoms with Crippen molar-refractivity contribution in [3.05, 3.63) is 99.6 Å². The summed E-state index contributed by atoms with van der Waals surface area (Å²) in [4.78, 5) is 25.9. The minimum absolute atomic E-state index is 0.0399. The molecule has 0 fully saturated rings. The Morgan fingerprint density at radius 3 is 2.17 bits per heavy atom. The van der Waals surface area contributed by atoms with Crippen LogP contribution in [0.4, 0.5) is 4.79 Å². The minimum atomic E-state index is -0.814. The van der Waals surface area contributed by atoms with Crippen molar-refractivity contribution in [2.75, 3.05) is 0 Å². The summed E-state index contributed by atoms with van der Waals surface area (Å²) >= 11 is 0. The molecule has 2 atom stereocenters. The lowest BCUT2D eigenvalue weighted by Gasteiger charge is -2.22. The molecule has 0 aromatic heterocycles. The second kappa shape index (κ2) is 7.79. The number of rotatable bonds is 3. The average molecular weight is 400 g/mol. The summed E-state index contributed by atoms with van der Waals surface area (Å²) in [5.41, 5.74) is 6.21. The fraction of sp³-hybridized carbons (Fsp3) is 0.231. The molecule has 0 aliphatic heterocycles. The molecule has 0 spiro atoms. The van der Waals surface area contributed by atoms with Gasteiger partial charge in [0.1, 0.15) is 11.9 Å². The fourth-order valence-corrected chi connectivity index (χ4v) is 4.20. The molecule has 0 radical (unpaired) electrons. The summed E-state index contributed by atoms with van der Waals surface area (Å²) in [6.45, 7) is 7.84. The topological polar surface area (TPSA) is 52.6 Å². The molecule has 30 heavy (non-hydrogen) atoms. The highest BCUT2D eigenvalue weighted by Crippen LogP contribution is 2.45. The predicted octanol–water partition coefficient (Wildman–Crippen LogP) is 6.16. The lowest BCUT2D eigenvalue weighted by Crippen LogP contribution is -2.21. The van der Waals surface area contributed by atoms with Gasteiger partial charge in [-0.2, -0.15) is 0 Å². The van der Waals surface area contributed by atoms with Gasteiger partial charge >= 0.3 is 6.16 Å². The molecule has 0 saturated carbocycles. The number of Topliss-reactive ketones (excluding diaryl/α,β-unsaturated/α-hetero) is 1. The van der Waals surface area contributed by atoms with Crippen LogP contribution in [-0.2, 0) is 4.74 Å². The van der Waals surface area contributed by atoms with Crippen LogP contribution in [0.2, 0.25) is 0 Å². The highest BCUT2D eigenvalue weighted by molar-refractivity contribution is 6.06. The van der Waals surface area contributed by atoms with Crippen LogP contribution in [0.5, 0.6) is 5.75 Å². The number of ether oxygens (including phenoxy) is 2. The number of hydrogen-bond acceptors (Lipinski definition) is 4. The molecule has 0 heterocycles. The molecule has 4 nitrogen and oxygen atoms in total. The maximum Gasteiger partial charge on any atom is 0.514 e. The molecule has 3 aromatic rings. The molecule has 3 aromatic carbocycles. The normalized spacial score (nSPS) is 17.5. The second-order valence-electron chi connectivity index (χ2n) is 7.95. The van der Waals surface area contributed by atoms with Gasteiger partial charge in [-0.3, -0.25) is 4.79 Å². The molecule has 4 rings (SSSR count). The Labute approximate surface area is 176 Å². The second-order valence-corrected chi connectivity index (χ2v) is 7.95. The van der Waals surface area contributed by atoms with Crippen molar-refractivity contribution in [2.45, 2.75) is 39.7 Å². The van der Waals surface area contributed by atoms with E-state index >= 15 is 0 Å². The lowest BCUT2D eigenvalue weighted by atomic mass is 9.89. The molecule has 4 heteroatoms. The highest BCUT2D eigenvalue weighted by Gasteiger charge is 2.44. The van der Waals surface area contributed by atoms with Gasteiger partial charge < -0.3 is 9.47 Å². The summed E-state index contributed by atoms with van der Waals surface area (Å²) in [5.74, 6) is -0.178. The van der Waals surface area contributed by atoms with Crippen LogP contribution in [0.15, 0.2) is 60.7 Å². The summed E-state index contributed by atoms with van der Waals surface area (Å²) in [6.07, 6.45) is -1.54. The van der Waals surface area contributed by atoms with E-state index in [1.54, 1.807) is 12.1 Å². The van der Waals surface area contributed by atoms with E-state index < -0.39 is 18.2 Å². The van der Waals surface area contributed by atoms with Crippen molar-refractivity contribution in [1.82, 2.24) is 0 Å². The molecule has 0 bridgehead atoms. The van der Waals surface area contributed by atoms with E-state index in [4.69, 9.17) is 9.47 Å². The van der Waals surface area contributed by atoms with Crippen molar-refractivity contribution < 1.29 is 19.1 Å². The minimum Gasteiger partial charge on any atom is -0.425 e. The average Bonchev–Trinajstić information content (AvgIpc) is 2.96. The molecule has 0 N–H and O–H groups in total. The Bertz CT molecular complexity index is 1150. The third kappa shape index (κ3) is 3.61. The van der Waals surface area contributed by atoms with Crippen LogP contribution in [0, 0.1) is 27.7 Å². The molecular weight excluding hydrogens is 376 g/mol. The van der Waals surface area contributed by atoms with Crippen LogP contribution in [0.1, 0.15) is 55.8 Å². The zero-order valence-electron chi connectivity index (χ0n) is 17.6.